The fraction of sp³-hybridized carbons (Fsp3) is 0.533. The van der Waals surface area contributed by atoms with Gasteiger partial charge in [0.1, 0.15) is 5.82 Å². The molecule has 2 aliphatic rings. The van der Waals surface area contributed by atoms with Crippen molar-refractivity contribution >= 4 is 17.8 Å². The third-order valence-corrected chi connectivity index (χ3v) is 3.92. The van der Waals surface area contributed by atoms with Gasteiger partial charge in [-0.2, -0.15) is 0 Å². The van der Waals surface area contributed by atoms with E-state index in [1.54, 1.807) is 11.1 Å². The number of hydrogen-bond donors (Lipinski definition) is 2. The molecular formula is C15H21N5O2. The van der Waals surface area contributed by atoms with Gasteiger partial charge >= 0.3 is 6.03 Å². The second kappa shape index (κ2) is 6.64. The predicted molar refractivity (Wildman–Crippen MR) is 82.6 cm³/mol. The molecule has 1 aliphatic heterocycles. The summed E-state index contributed by atoms with van der Waals surface area (Å²) in [5.74, 6) is 0.906. The lowest BCUT2D eigenvalue weighted by atomic mass is 10.3. The summed E-state index contributed by atoms with van der Waals surface area (Å²) in [7, 11) is 0. The Balaban J connectivity index is 1.40. The molecule has 0 radical (unpaired) electrons. The number of hydrogen-bond acceptors (Lipinski definition) is 4. The number of rotatable bonds is 4. The molecule has 0 bridgehead atoms. The van der Waals surface area contributed by atoms with Crippen LogP contribution in [-0.2, 0) is 4.79 Å². The standard InChI is InChI=1S/C15H21N5O2/c21-14(11-17-15(22)18-12-4-5-12)20-9-7-19(8-10-20)13-3-1-2-6-16-13/h1-3,6,12H,4-5,7-11H2,(H2,17,18,22). The molecule has 1 saturated heterocycles. The zero-order valence-corrected chi connectivity index (χ0v) is 12.5. The van der Waals surface area contributed by atoms with Crippen molar-refractivity contribution < 1.29 is 9.59 Å². The Hall–Kier alpha value is -2.31. The number of amides is 3. The zero-order chi connectivity index (χ0) is 15.4. The van der Waals surface area contributed by atoms with Crippen LogP contribution in [0.3, 0.4) is 0 Å². The molecule has 0 unspecified atom stereocenters. The van der Waals surface area contributed by atoms with Crippen LogP contribution in [0, 0.1) is 0 Å². The molecule has 3 rings (SSSR count). The van der Waals surface area contributed by atoms with Crippen molar-refractivity contribution in [2.45, 2.75) is 18.9 Å². The molecule has 0 spiro atoms. The van der Waals surface area contributed by atoms with Crippen LogP contribution in [0.4, 0.5) is 10.6 Å². The topological polar surface area (TPSA) is 77.6 Å². The Kier molecular flexibility index (Phi) is 4.41. The van der Waals surface area contributed by atoms with Crippen LogP contribution in [-0.4, -0.2) is 60.6 Å². The van der Waals surface area contributed by atoms with E-state index < -0.39 is 0 Å². The highest BCUT2D eigenvalue weighted by molar-refractivity contribution is 5.84. The molecule has 2 N–H and O–H groups in total. The van der Waals surface area contributed by atoms with Gasteiger partial charge in [-0.05, 0) is 25.0 Å². The van der Waals surface area contributed by atoms with Gasteiger partial charge in [0.2, 0.25) is 5.91 Å². The minimum Gasteiger partial charge on any atom is -0.353 e. The summed E-state index contributed by atoms with van der Waals surface area (Å²) in [6, 6.07) is 5.88. The molecule has 7 heteroatoms. The van der Waals surface area contributed by atoms with Crippen molar-refractivity contribution in [1.29, 1.82) is 0 Å². The number of piperazine rings is 1. The molecule has 1 saturated carbocycles. The average Bonchev–Trinajstić information content (AvgIpc) is 3.37. The molecule has 1 aromatic heterocycles. The van der Waals surface area contributed by atoms with E-state index in [1.165, 1.54) is 0 Å². The molecule has 2 heterocycles. The van der Waals surface area contributed by atoms with Crippen molar-refractivity contribution in [1.82, 2.24) is 20.5 Å². The van der Waals surface area contributed by atoms with Crippen molar-refractivity contribution in [2.24, 2.45) is 0 Å². The van der Waals surface area contributed by atoms with Crippen LogP contribution < -0.4 is 15.5 Å². The lowest BCUT2D eigenvalue weighted by Gasteiger charge is -2.35. The van der Waals surface area contributed by atoms with Gasteiger partial charge in [0.25, 0.3) is 0 Å². The fourth-order valence-corrected chi connectivity index (χ4v) is 2.46. The van der Waals surface area contributed by atoms with Gasteiger partial charge in [-0.15, -0.1) is 0 Å². The Morgan fingerprint density at radius 2 is 1.95 bits per heavy atom. The number of pyridine rings is 1. The highest BCUT2D eigenvalue weighted by Crippen LogP contribution is 2.18. The Bertz CT molecular complexity index is 524. The molecule has 2 fully saturated rings. The van der Waals surface area contributed by atoms with E-state index in [1.807, 2.05) is 18.2 Å². The maximum atomic E-state index is 12.1. The molecular weight excluding hydrogens is 282 g/mol. The van der Waals surface area contributed by atoms with Crippen LogP contribution in [0.25, 0.3) is 0 Å². The summed E-state index contributed by atoms with van der Waals surface area (Å²) in [5.41, 5.74) is 0. The highest BCUT2D eigenvalue weighted by atomic mass is 16.2. The van der Waals surface area contributed by atoms with Crippen molar-refractivity contribution in [3.8, 4) is 0 Å². The number of carbonyl (C=O) groups is 2. The minimum absolute atomic E-state index is 0.0355. The number of anilines is 1. The van der Waals surface area contributed by atoms with Crippen molar-refractivity contribution in [2.75, 3.05) is 37.6 Å². The van der Waals surface area contributed by atoms with Gasteiger partial charge in [0, 0.05) is 38.4 Å². The number of carbonyl (C=O) groups excluding carboxylic acids is 2. The van der Waals surface area contributed by atoms with E-state index in [2.05, 4.69) is 20.5 Å². The predicted octanol–water partition coefficient (Wildman–Crippen LogP) is 0.192. The van der Waals surface area contributed by atoms with E-state index in [9.17, 15) is 9.59 Å². The first-order valence-electron chi connectivity index (χ1n) is 7.70. The number of nitrogens with zero attached hydrogens (tertiary/aromatic N) is 3. The monoisotopic (exact) mass is 303 g/mol. The van der Waals surface area contributed by atoms with Crippen LogP contribution in [0.1, 0.15) is 12.8 Å². The van der Waals surface area contributed by atoms with E-state index in [-0.39, 0.29) is 18.5 Å². The van der Waals surface area contributed by atoms with Gasteiger partial charge in [0.15, 0.2) is 0 Å². The quantitative estimate of drug-likeness (QED) is 0.832. The van der Waals surface area contributed by atoms with Gasteiger partial charge in [0.05, 0.1) is 6.54 Å². The molecule has 118 valence electrons. The third-order valence-electron chi connectivity index (χ3n) is 3.92. The molecule has 3 amide bonds. The summed E-state index contributed by atoms with van der Waals surface area (Å²) in [6.07, 6.45) is 3.85. The van der Waals surface area contributed by atoms with Gasteiger partial charge in [-0.25, -0.2) is 9.78 Å². The van der Waals surface area contributed by atoms with Gasteiger partial charge < -0.3 is 20.4 Å². The molecule has 1 aliphatic carbocycles. The maximum Gasteiger partial charge on any atom is 0.315 e. The van der Waals surface area contributed by atoms with Crippen LogP contribution in [0.15, 0.2) is 24.4 Å². The first kappa shape index (κ1) is 14.6. The van der Waals surface area contributed by atoms with E-state index in [0.29, 0.717) is 19.1 Å². The lowest BCUT2D eigenvalue weighted by Crippen LogP contribution is -2.52. The largest absolute Gasteiger partial charge is 0.353 e. The van der Waals surface area contributed by atoms with Crippen molar-refractivity contribution in [3.63, 3.8) is 0 Å². The Morgan fingerprint density at radius 3 is 2.59 bits per heavy atom. The summed E-state index contributed by atoms with van der Waals surface area (Å²) in [5, 5.41) is 5.43. The van der Waals surface area contributed by atoms with Gasteiger partial charge in [-0.1, -0.05) is 6.07 Å². The first-order valence-corrected chi connectivity index (χ1v) is 7.70. The number of urea groups is 1. The SMILES string of the molecule is O=C(NCC(=O)N1CCN(c2ccccn2)CC1)NC1CC1. The third kappa shape index (κ3) is 3.87. The molecule has 22 heavy (non-hydrogen) atoms. The Labute approximate surface area is 129 Å². The van der Waals surface area contributed by atoms with Gasteiger partial charge in [-0.3, -0.25) is 4.79 Å². The summed E-state index contributed by atoms with van der Waals surface area (Å²) >= 11 is 0. The van der Waals surface area contributed by atoms with Crippen LogP contribution in [0.2, 0.25) is 0 Å². The molecule has 0 aromatic carbocycles. The summed E-state index contributed by atoms with van der Waals surface area (Å²) in [6.45, 7) is 2.89. The maximum absolute atomic E-state index is 12.1. The summed E-state index contributed by atoms with van der Waals surface area (Å²) < 4.78 is 0. The lowest BCUT2D eigenvalue weighted by molar-refractivity contribution is -0.130. The second-order valence-corrected chi connectivity index (χ2v) is 5.66. The van der Waals surface area contributed by atoms with Crippen LogP contribution in [0.5, 0.6) is 0 Å². The second-order valence-electron chi connectivity index (χ2n) is 5.66. The molecule has 7 nitrogen and oxygen atoms in total. The highest BCUT2D eigenvalue weighted by Gasteiger charge is 2.25. The average molecular weight is 303 g/mol. The first-order chi connectivity index (χ1) is 10.7. The van der Waals surface area contributed by atoms with Crippen LogP contribution >= 0.6 is 0 Å². The fourth-order valence-electron chi connectivity index (χ4n) is 2.46. The zero-order valence-electron chi connectivity index (χ0n) is 12.5. The van der Waals surface area contributed by atoms with E-state index in [4.69, 9.17) is 0 Å². The van der Waals surface area contributed by atoms with E-state index in [0.717, 1.165) is 31.7 Å². The Morgan fingerprint density at radius 1 is 1.18 bits per heavy atom. The van der Waals surface area contributed by atoms with E-state index >= 15 is 0 Å². The number of nitrogens with one attached hydrogen (secondary N) is 2. The molecule has 1 aromatic rings. The summed E-state index contributed by atoms with van der Waals surface area (Å²) in [4.78, 5) is 31.9. The smallest absolute Gasteiger partial charge is 0.315 e. The number of aromatic nitrogens is 1. The molecule has 0 atom stereocenters. The normalized spacial score (nSPS) is 18.0. The minimum atomic E-state index is -0.247. The van der Waals surface area contributed by atoms with Crippen molar-refractivity contribution in [3.05, 3.63) is 24.4 Å².